The van der Waals surface area contributed by atoms with Crippen LogP contribution in [0.15, 0.2) is 0 Å². The summed E-state index contributed by atoms with van der Waals surface area (Å²) < 4.78 is 4.58. The first-order chi connectivity index (χ1) is 4.74. The van der Waals surface area contributed by atoms with E-state index >= 15 is 0 Å². The summed E-state index contributed by atoms with van der Waals surface area (Å²) in [7, 11) is 1.42. The third-order valence-corrected chi connectivity index (χ3v) is 1.86. The molecule has 58 valence electrons. The van der Waals surface area contributed by atoms with E-state index in [2.05, 4.69) is 17.0 Å². The number of carbonyl (C=O) groups excluding carboxylic acids is 1. The number of nitrogens with one attached hydrogen (secondary N) is 1. The molecule has 0 radical (unpaired) electrons. The molecule has 1 N–H and O–H groups in total. The van der Waals surface area contributed by atoms with Crippen LogP contribution in [0.2, 0.25) is 0 Å². The van der Waals surface area contributed by atoms with Crippen molar-refractivity contribution in [2.24, 2.45) is 0 Å². The molecule has 1 heterocycles. The molecule has 0 spiro atoms. The summed E-state index contributed by atoms with van der Waals surface area (Å²) in [6.07, 6.45) is 1.98. The Morgan fingerprint density at radius 1 is 1.60 bits per heavy atom. The molecule has 0 aromatic carbocycles. The van der Waals surface area contributed by atoms with E-state index in [4.69, 9.17) is 0 Å². The van der Waals surface area contributed by atoms with Crippen LogP contribution in [-0.2, 0) is 9.53 Å². The largest absolute Gasteiger partial charge is 0.468 e. The highest BCUT2D eigenvalue weighted by Crippen LogP contribution is 2.11. The molecular formula is C7H13NO2. The Morgan fingerprint density at radius 2 is 2.30 bits per heavy atom. The molecule has 1 aliphatic heterocycles. The second-order valence-corrected chi connectivity index (χ2v) is 2.72. The lowest BCUT2D eigenvalue weighted by atomic mass is 10.2. The van der Waals surface area contributed by atoms with Crippen molar-refractivity contribution in [1.82, 2.24) is 5.32 Å². The maximum absolute atomic E-state index is 10.9. The molecule has 1 fully saturated rings. The summed E-state index contributed by atoms with van der Waals surface area (Å²) in [4.78, 5) is 10.9. The molecule has 0 aromatic heterocycles. The zero-order chi connectivity index (χ0) is 7.56. The van der Waals surface area contributed by atoms with E-state index < -0.39 is 0 Å². The summed E-state index contributed by atoms with van der Waals surface area (Å²) in [5, 5.41) is 3.13. The number of hydrogen-bond acceptors (Lipinski definition) is 3. The highest BCUT2D eigenvalue weighted by Gasteiger charge is 2.26. The predicted molar refractivity (Wildman–Crippen MR) is 37.6 cm³/mol. The lowest BCUT2D eigenvalue weighted by molar-refractivity contribution is -0.142. The van der Waals surface area contributed by atoms with Gasteiger partial charge < -0.3 is 10.1 Å². The Bertz CT molecular complexity index is 136. The molecule has 0 aromatic rings. The van der Waals surface area contributed by atoms with Crippen LogP contribution in [-0.4, -0.2) is 25.2 Å². The zero-order valence-electron chi connectivity index (χ0n) is 6.39. The van der Waals surface area contributed by atoms with E-state index in [-0.39, 0.29) is 12.0 Å². The van der Waals surface area contributed by atoms with Crippen molar-refractivity contribution in [3.63, 3.8) is 0 Å². The fourth-order valence-corrected chi connectivity index (χ4v) is 1.25. The van der Waals surface area contributed by atoms with Crippen molar-refractivity contribution in [2.45, 2.75) is 31.8 Å². The number of rotatable bonds is 1. The summed E-state index contributed by atoms with van der Waals surface area (Å²) in [5.74, 6) is -0.135. The van der Waals surface area contributed by atoms with Gasteiger partial charge in [-0.05, 0) is 19.8 Å². The molecule has 0 amide bonds. The van der Waals surface area contributed by atoms with E-state index in [9.17, 15) is 4.79 Å². The average Bonchev–Trinajstić information content (AvgIpc) is 2.34. The quantitative estimate of drug-likeness (QED) is 0.536. The molecule has 3 heteroatoms. The third-order valence-electron chi connectivity index (χ3n) is 1.86. The van der Waals surface area contributed by atoms with Gasteiger partial charge in [-0.25, -0.2) is 0 Å². The van der Waals surface area contributed by atoms with Crippen LogP contribution in [0.5, 0.6) is 0 Å². The molecule has 1 aliphatic rings. The maximum atomic E-state index is 10.9. The highest BCUT2D eigenvalue weighted by atomic mass is 16.5. The standard InChI is InChI=1S/C7H13NO2/c1-5-3-4-6(8-5)7(9)10-2/h5-6,8H,3-4H2,1-2H3/t5-,6+/m1/s1. The first-order valence-electron chi connectivity index (χ1n) is 3.58. The van der Waals surface area contributed by atoms with Gasteiger partial charge in [0.25, 0.3) is 0 Å². The lowest BCUT2D eigenvalue weighted by Crippen LogP contribution is -2.34. The fourth-order valence-electron chi connectivity index (χ4n) is 1.25. The van der Waals surface area contributed by atoms with Crippen molar-refractivity contribution < 1.29 is 9.53 Å². The van der Waals surface area contributed by atoms with Crippen LogP contribution in [0, 0.1) is 0 Å². The maximum Gasteiger partial charge on any atom is 0.322 e. The molecule has 0 unspecified atom stereocenters. The van der Waals surface area contributed by atoms with E-state index in [0.29, 0.717) is 6.04 Å². The lowest BCUT2D eigenvalue weighted by Gasteiger charge is -2.07. The number of carbonyl (C=O) groups is 1. The highest BCUT2D eigenvalue weighted by molar-refractivity contribution is 5.75. The topological polar surface area (TPSA) is 38.3 Å². The molecule has 0 aliphatic carbocycles. The first-order valence-corrected chi connectivity index (χ1v) is 3.58. The van der Waals surface area contributed by atoms with Crippen LogP contribution in [0.3, 0.4) is 0 Å². The van der Waals surface area contributed by atoms with Gasteiger partial charge in [0.1, 0.15) is 6.04 Å². The van der Waals surface area contributed by atoms with Gasteiger partial charge in [0.2, 0.25) is 0 Å². The fraction of sp³-hybridized carbons (Fsp3) is 0.857. The van der Waals surface area contributed by atoms with Crippen LogP contribution >= 0.6 is 0 Å². The molecular weight excluding hydrogens is 130 g/mol. The number of methoxy groups -OCH3 is 1. The number of hydrogen-bond donors (Lipinski definition) is 1. The Hall–Kier alpha value is -0.570. The van der Waals surface area contributed by atoms with Crippen molar-refractivity contribution >= 4 is 5.97 Å². The SMILES string of the molecule is COC(=O)[C@@H]1CC[C@@H](C)N1. The van der Waals surface area contributed by atoms with E-state index in [1.165, 1.54) is 7.11 Å². The van der Waals surface area contributed by atoms with Gasteiger partial charge >= 0.3 is 5.97 Å². The second kappa shape index (κ2) is 3.01. The van der Waals surface area contributed by atoms with Crippen LogP contribution in [0.25, 0.3) is 0 Å². The second-order valence-electron chi connectivity index (χ2n) is 2.72. The van der Waals surface area contributed by atoms with Crippen molar-refractivity contribution in [3.05, 3.63) is 0 Å². The predicted octanol–water partition coefficient (Wildman–Crippen LogP) is 0.300. The Morgan fingerprint density at radius 3 is 2.70 bits per heavy atom. The Kier molecular flexibility index (Phi) is 2.27. The molecule has 1 rings (SSSR count). The third kappa shape index (κ3) is 1.48. The number of ether oxygens (including phenoxy) is 1. The molecule has 0 saturated carbocycles. The first kappa shape index (κ1) is 7.54. The van der Waals surface area contributed by atoms with Gasteiger partial charge in [-0.15, -0.1) is 0 Å². The molecule has 10 heavy (non-hydrogen) atoms. The van der Waals surface area contributed by atoms with E-state index in [0.717, 1.165) is 12.8 Å². The summed E-state index contributed by atoms with van der Waals surface area (Å²) >= 11 is 0. The van der Waals surface area contributed by atoms with Crippen LogP contribution in [0.1, 0.15) is 19.8 Å². The van der Waals surface area contributed by atoms with Crippen molar-refractivity contribution in [1.29, 1.82) is 0 Å². The minimum absolute atomic E-state index is 0.0556. The summed E-state index contributed by atoms with van der Waals surface area (Å²) in [6.45, 7) is 2.07. The van der Waals surface area contributed by atoms with E-state index in [1.807, 2.05) is 0 Å². The average molecular weight is 143 g/mol. The van der Waals surface area contributed by atoms with Crippen LogP contribution in [0.4, 0.5) is 0 Å². The minimum Gasteiger partial charge on any atom is -0.468 e. The summed E-state index contributed by atoms with van der Waals surface area (Å²) in [5.41, 5.74) is 0. The molecule has 2 atom stereocenters. The Labute approximate surface area is 60.7 Å². The smallest absolute Gasteiger partial charge is 0.322 e. The van der Waals surface area contributed by atoms with Gasteiger partial charge in [0.05, 0.1) is 7.11 Å². The van der Waals surface area contributed by atoms with Gasteiger partial charge in [0.15, 0.2) is 0 Å². The van der Waals surface area contributed by atoms with Gasteiger partial charge in [-0.2, -0.15) is 0 Å². The zero-order valence-corrected chi connectivity index (χ0v) is 6.39. The van der Waals surface area contributed by atoms with Gasteiger partial charge in [-0.1, -0.05) is 0 Å². The van der Waals surface area contributed by atoms with Gasteiger partial charge in [-0.3, -0.25) is 4.79 Å². The normalized spacial score (nSPS) is 32.2. The van der Waals surface area contributed by atoms with Crippen molar-refractivity contribution in [2.75, 3.05) is 7.11 Å². The monoisotopic (exact) mass is 143 g/mol. The van der Waals surface area contributed by atoms with Crippen LogP contribution < -0.4 is 5.32 Å². The minimum atomic E-state index is -0.135. The van der Waals surface area contributed by atoms with E-state index in [1.54, 1.807) is 0 Å². The number of esters is 1. The molecule has 3 nitrogen and oxygen atoms in total. The molecule has 1 saturated heterocycles. The molecule has 0 bridgehead atoms. The summed E-state index contributed by atoms with van der Waals surface area (Å²) in [6, 6.07) is 0.407. The van der Waals surface area contributed by atoms with Crippen molar-refractivity contribution in [3.8, 4) is 0 Å². The Balaban J connectivity index is 2.37. The van der Waals surface area contributed by atoms with Gasteiger partial charge in [0, 0.05) is 6.04 Å².